The molecule has 0 atom stereocenters. The molecule has 3 rings (SSSR count). The van der Waals surface area contributed by atoms with Crippen molar-refractivity contribution < 1.29 is 14.3 Å². The number of aliphatic carboxylic acids is 1. The summed E-state index contributed by atoms with van der Waals surface area (Å²) in [6.45, 7) is 3.20. The van der Waals surface area contributed by atoms with E-state index in [1.54, 1.807) is 36.6 Å². The van der Waals surface area contributed by atoms with Crippen LogP contribution in [-0.4, -0.2) is 25.4 Å². The van der Waals surface area contributed by atoms with Crippen LogP contribution >= 0.6 is 11.8 Å². The van der Waals surface area contributed by atoms with Gasteiger partial charge in [-0.3, -0.25) is 9.36 Å². The summed E-state index contributed by atoms with van der Waals surface area (Å²) < 4.78 is 14.9. The van der Waals surface area contributed by atoms with E-state index in [-0.39, 0.29) is 5.82 Å². The Labute approximate surface area is 137 Å². The van der Waals surface area contributed by atoms with Crippen molar-refractivity contribution in [3.63, 3.8) is 0 Å². The lowest BCUT2D eigenvalue weighted by Crippen LogP contribution is -2.27. The predicted molar refractivity (Wildman–Crippen MR) is 88.6 cm³/mol. The molecule has 23 heavy (non-hydrogen) atoms. The summed E-state index contributed by atoms with van der Waals surface area (Å²) in [4.78, 5) is 15.9. The Hall–Kier alpha value is -2.34. The van der Waals surface area contributed by atoms with Crippen molar-refractivity contribution in [2.24, 2.45) is 0 Å². The van der Waals surface area contributed by atoms with E-state index in [0.717, 1.165) is 17.3 Å². The van der Waals surface area contributed by atoms with Crippen molar-refractivity contribution in [1.82, 2.24) is 9.55 Å². The maximum atomic E-state index is 14.3. The van der Waals surface area contributed by atoms with Crippen molar-refractivity contribution >= 4 is 28.8 Å². The number of hydrogen-bond donors (Lipinski definition) is 1. The summed E-state index contributed by atoms with van der Waals surface area (Å²) in [6.07, 6.45) is 0. The Morgan fingerprint density at radius 2 is 1.83 bits per heavy atom. The number of fused-ring (bicyclic) bond motifs is 1. The first kappa shape index (κ1) is 15.6. The normalized spacial score (nSPS) is 11.8. The van der Waals surface area contributed by atoms with Crippen LogP contribution in [0, 0.1) is 5.82 Å². The molecular weight excluding hydrogens is 315 g/mol. The van der Waals surface area contributed by atoms with Crippen LogP contribution in [0.3, 0.4) is 0 Å². The first-order valence-corrected chi connectivity index (χ1v) is 7.86. The van der Waals surface area contributed by atoms with E-state index in [9.17, 15) is 14.3 Å². The third-order valence-electron chi connectivity index (χ3n) is 3.48. The number of aromatic nitrogens is 2. The zero-order valence-electron chi connectivity index (χ0n) is 12.7. The topological polar surface area (TPSA) is 55.1 Å². The van der Waals surface area contributed by atoms with Crippen LogP contribution in [0.5, 0.6) is 0 Å². The van der Waals surface area contributed by atoms with Gasteiger partial charge in [0.05, 0.1) is 16.7 Å². The van der Waals surface area contributed by atoms with Crippen molar-refractivity contribution in [2.75, 3.05) is 0 Å². The number of para-hydroxylation sites is 3. The van der Waals surface area contributed by atoms with Gasteiger partial charge in [-0.15, -0.1) is 0 Å². The molecule has 0 aliphatic rings. The standard InChI is InChI=1S/C17H15FN2O2S/c1-17(2,15(21)22)23-16-19-12-8-4-6-10-14(12)20(16)13-9-5-3-7-11(13)18/h3-10H,1-2H3,(H,21,22). The summed E-state index contributed by atoms with van der Waals surface area (Å²) in [6, 6.07) is 13.7. The molecule has 4 nitrogen and oxygen atoms in total. The van der Waals surface area contributed by atoms with Crippen molar-refractivity contribution in [1.29, 1.82) is 0 Å². The molecule has 0 fully saturated rings. The van der Waals surface area contributed by atoms with Gasteiger partial charge in [0.2, 0.25) is 0 Å². The van der Waals surface area contributed by atoms with Crippen LogP contribution in [0.4, 0.5) is 4.39 Å². The van der Waals surface area contributed by atoms with Crippen LogP contribution in [0.25, 0.3) is 16.7 Å². The van der Waals surface area contributed by atoms with Crippen LogP contribution in [0.2, 0.25) is 0 Å². The van der Waals surface area contributed by atoms with Crippen LogP contribution < -0.4 is 0 Å². The predicted octanol–water partition coefficient (Wildman–Crippen LogP) is 4.12. The molecule has 0 unspecified atom stereocenters. The highest BCUT2D eigenvalue weighted by Gasteiger charge is 2.31. The number of rotatable bonds is 4. The minimum atomic E-state index is -1.08. The molecule has 0 bridgehead atoms. The number of carboxylic acids is 1. The highest BCUT2D eigenvalue weighted by atomic mass is 32.2. The first-order valence-electron chi connectivity index (χ1n) is 7.05. The zero-order valence-corrected chi connectivity index (χ0v) is 13.5. The van der Waals surface area contributed by atoms with Crippen LogP contribution in [0.15, 0.2) is 53.7 Å². The molecule has 2 aromatic carbocycles. The SMILES string of the molecule is CC(C)(Sc1nc2ccccc2n1-c1ccccc1F)C(=O)O. The zero-order chi connectivity index (χ0) is 16.6. The van der Waals surface area contributed by atoms with Crippen molar-refractivity contribution in [3.8, 4) is 5.69 Å². The Morgan fingerprint density at radius 1 is 1.17 bits per heavy atom. The fourth-order valence-electron chi connectivity index (χ4n) is 2.21. The van der Waals surface area contributed by atoms with Crippen molar-refractivity contribution in [3.05, 3.63) is 54.3 Å². The quantitative estimate of drug-likeness (QED) is 0.731. The lowest BCUT2D eigenvalue weighted by molar-refractivity contribution is -0.138. The van der Waals surface area contributed by atoms with Gasteiger partial charge in [-0.1, -0.05) is 36.0 Å². The summed E-state index contributed by atoms with van der Waals surface area (Å²) >= 11 is 1.10. The summed E-state index contributed by atoms with van der Waals surface area (Å²) in [5.74, 6) is -1.33. The number of carbonyl (C=O) groups is 1. The number of nitrogens with zero attached hydrogens (tertiary/aromatic N) is 2. The number of hydrogen-bond acceptors (Lipinski definition) is 3. The third-order valence-corrected chi connectivity index (χ3v) is 4.63. The molecular formula is C17H15FN2O2S. The summed E-state index contributed by atoms with van der Waals surface area (Å²) in [5.41, 5.74) is 1.78. The second-order valence-electron chi connectivity index (χ2n) is 5.59. The smallest absolute Gasteiger partial charge is 0.319 e. The van der Waals surface area contributed by atoms with Gasteiger partial charge < -0.3 is 5.11 Å². The van der Waals surface area contributed by atoms with Gasteiger partial charge >= 0.3 is 5.97 Å². The molecule has 0 spiro atoms. The molecule has 6 heteroatoms. The molecule has 0 aliphatic carbocycles. The Balaban J connectivity index is 2.24. The van der Waals surface area contributed by atoms with Crippen LogP contribution in [0.1, 0.15) is 13.8 Å². The van der Waals surface area contributed by atoms with Crippen LogP contribution in [-0.2, 0) is 4.79 Å². The van der Waals surface area contributed by atoms with Gasteiger partial charge in [-0.25, -0.2) is 9.37 Å². The largest absolute Gasteiger partial charge is 0.480 e. The monoisotopic (exact) mass is 330 g/mol. The Kier molecular flexibility index (Phi) is 3.85. The lowest BCUT2D eigenvalue weighted by atomic mass is 10.2. The van der Waals surface area contributed by atoms with E-state index >= 15 is 0 Å². The molecule has 0 saturated heterocycles. The molecule has 0 radical (unpaired) electrons. The summed E-state index contributed by atoms with van der Waals surface area (Å²) in [5, 5.41) is 9.81. The third kappa shape index (κ3) is 2.82. The highest BCUT2D eigenvalue weighted by molar-refractivity contribution is 8.01. The minimum absolute atomic E-state index is 0.352. The van der Waals surface area contributed by atoms with Gasteiger partial charge in [0, 0.05) is 0 Å². The first-order chi connectivity index (χ1) is 10.9. The van der Waals surface area contributed by atoms with Gasteiger partial charge in [-0.2, -0.15) is 0 Å². The van der Waals surface area contributed by atoms with Gasteiger partial charge in [0.1, 0.15) is 10.6 Å². The van der Waals surface area contributed by atoms with Gasteiger partial charge in [-0.05, 0) is 38.1 Å². The number of thioether (sulfide) groups is 1. The lowest BCUT2D eigenvalue weighted by Gasteiger charge is -2.19. The van der Waals surface area contributed by atoms with E-state index in [1.807, 2.05) is 24.3 Å². The average molecular weight is 330 g/mol. The Morgan fingerprint density at radius 3 is 2.52 bits per heavy atom. The molecule has 0 amide bonds. The fraction of sp³-hybridized carbons (Fsp3) is 0.176. The van der Waals surface area contributed by atoms with E-state index in [1.165, 1.54) is 6.07 Å². The average Bonchev–Trinajstić information content (AvgIpc) is 2.84. The second-order valence-corrected chi connectivity index (χ2v) is 7.18. The van der Waals surface area contributed by atoms with Gasteiger partial charge in [0.25, 0.3) is 0 Å². The maximum absolute atomic E-state index is 14.3. The van der Waals surface area contributed by atoms with E-state index in [4.69, 9.17) is 0 Å². The maximum Gasteiger partial charge on any atom is 0.319 e. The number of benzene rings is 2. The molecule has 0 saturated carbocycles. The van der Waals surface area contributed by atoms with E-state index in [2.05, 4.69) is 4.98 Å². The molecule has 1 heterocycles. The molecule has 1 N–H and O–H groups in total. The fourth-order valence-corrected chi connectivity index (χ4v) is 3.19. The van der Waals surface area contributed by atoms with E-state index in [0.29, 0.717) is 16.4 Å². The molecule has 0 aliphatic heterocycles. The van der Waals surface area contributed by atoms with Crippen molar-refractivity contribution in [2.45, 2.75) is 23.8 Å². The second kappa shape index (κ2) is 5.70. The molecule has 3 aromatic rings. The number of imidazole rings is 1. The number of carboxylic acid groups (broad SMARTS) is 1. The van der Waals surface area contributed by atoms with Gasteiger partial charge in [0.15, 0.2) is 5.16 Å². The highest BCUT2D eigenvalue weighted by Crippen LogP contribution is 2.36. The molecule has 118 valence electrons. The van der Waals surface area contributed by atoms with E-state index < -0.39 is 10.7 Å². The minimum Gasteiger partial charge on any atom is -0.480 e. The Bertz CT molecular complexity index is 889. The summed E-state index contributed by atoms with van der Waals surface area (Å²) in [7, 11) is 0. The number of halogens is 1. The molecule has 1 aromatic heterocycles.